The zero-order valence-corrected chi connectivity index (χ0v) is 15.6. The number of fused-ring (bicyclic) bond motifs is 2. The van der Waals surface area contributed by atoms with Crippen molar-refractivity contribution in [2.45, 2.75) is 50.1 Å². The summed E-state index contributed by atoms with van der Waals surface area (Å²) >= 11 is 0. The molecule has 2 aliphatic rings. The van der Waals surface area contributed by atoms with E-state index < -0.39 is 33.3 Å². The second kappa shape index (κ2) is 6.89. The summed E-state index contributed by atoms with van der Waals surface area (Å²) in [6.07, 6.45) is 5.77. The predicted molar refractivity (Wildman–Crippen MR) is 96.0 cm³/mol. The fraction of sp³-hybridized carbons (Fsp3) is 0.412. The third-order valence-electron chi connectivity index (χ3n) is 5.06. The van der Waals surface area contributed by atoms with Gasteiger partial charge in [-0.3, -0.25) is 0 Å². The second-order valence-electron chi connectivity index (χ2n) is 6.86. The molecule has 0 spiro atoms. The SMILES string of the molecule is N[S@@](=O)(=NC(=O)Nc1c2c(cc3c1CCC3)CCC2)c1nn(C(F)F)cc1F. The number of nitrogens with zero attached hydrogens (tertiary/aromatic N) is 3. The molecule has 0 fully saturated rings. The van der Waals surface area contributed by atoms with Gasteiger partial charge in [0.15, 0.2) is 15.7 Å². The van der Waals surface area contributed by atoms with Gasteiger partial charge < -0.3 is 5.32 Å². The zero-order chi connectivity index (χ0) is 20.1. The normalized spacial score (nSPS) is 17.3. The molecule has 1 atom stereocenters. The van der Waals surface area contributed by atoms with Crippen molar-refractivity contribution in [3.8, 4) is 0 Å². The van der Waals surface area contributed by atoms with Crippen LogP contribution >= 0.6 is 0 Å². The fourth-order valence-electron chi connectivity index (χ4n) is 3.91. The van der Waals surface area contributed by atoms with Gasteiger partial charge in [-0.2, -0.15) is 13.9 Å². The molecular weight excluding hydrogens is 395 g/mol. The minimum absolute atomic E-state index is 0.0262. The number of urea groups is 1. The molecule has 28 heavy (non-hydrogen) atoms. The Morgan fingerprint density at radius 3 is 2.36 bits per heavy atom. The Labute approximate surface area is 159 Å². The number of hydrogen-bond acceptors (Lipinski definition) is 3. The van der Waals surface area contributed by atoms with Crippen molar-refractivity contribution >= 4 is 21.6 Å². The van der Waals surface area contributed by atoms with Crippen molar-refractivity contribution in [1.29, 1.82) is 0 Å². The smallest absolute Gasteiger partial charge is 0.305 e. The molecule has 1 aromatic carbocycles. The molecule has 11 heteroatoms. The highest BCUT2D eigenvalue weighted by molar-refractivity contribution is 7.91. The molecule has 0 saturated heterocycles. The highest BCUT2D eigenvalue weighted by Gasteiger charge is 2.26. The Kier molecular flexibility index (Phi) is 4.66. The quantitative estimate of drug-likeness (QED) is 0.807. The van der Waals surface area contributed by atoms with Crippen LogP contribution in [0.2, 0.25) is 0 Å². The number of benzene rings is 1. The van der Waals surface area contributed by atoms with E-state index in [-0.39, 0.29) is 4.68 Å². The van der Waals surface area contributed by atoms with Crippen LogP contribution < -0.4 is 10.5 Å². The first-order valence-electron chi connectivity index (χ1n) is 8.81. The van der Waals surface area contributed by atoms with Gasteiger partial charge in [-0.15, -0.1) is 4.36 Å². The van der Waals surface area contributed by atoms with Gasteiger partial charge in [0.2, 0.25) is 5.03 Å². The van der Waals surface area contributed by atoms with E-state index in [0.717, 1.165) is 49.7 Å². The first-order valence-corrected chi connectivity index (χ1v) is 10.4. The molecule has 1 aromatic heterocycles. The minimum Gasteiger partial charge on any atom is -0.305 e. The molecule has 1 heterocycles. The number of aromatic nitrogens is 2. The van der Waals surface area contributed by atoms with E-state index in [0.29, 0.717) is 11.9 Å². The summed E-state index contributed by atoms with van der Waals surface area (Å²) < 4.78 is 55.0. The van der Waals surface area contributed by atoms with Gasteiger partial charge in [-0.05, 0) is 60.8 Å². The molecule has 2 aromatic rings. The van der Waals surface area contributed by atoms with Gasteiger partial charge in [-0.1, -0.05) is 6.07 Å². The number of halogens is 3. The Hall–Kier alpha value is -2.40. The van der Waals surface area contributed by atoms with Crippen LogP contribution in [0.25, 0.3) is 0 Å². The number of hydrogen-bond donors (Lipinski definition) is 2. The monoisotopic (exact) mass is 413 g/mol. The van der Waals surface area contributed by atoms with Crippen molar-refractivity contribution in [3.05, 3.63) is 40.3 Å². The van der Waals surface area contributed by atoms with Crippen LogP contribution in [0, 0.1) is 5.82 Å². The van der Waals surface area contributed by atoms with Gasteiger partial charge in [0.25, 0.3) is 0 Å². The van der Waals surface area contributed by atoms with E-state index in [4.69, 9.17) is 5.14 Å². The molecular formula is C17H18F3N5O2S. The summed E-state index contributed by atoms with van der Waals surface area (Å²) in [6.45, 7) is -3.14. The second-order valence-corrected chi connectivity index (χ2v) is 8.57. The standard InChI is InChI=1S/C17H18F3N5O2S/c18-13-8-25(16(19)20)23-15(13)28(21,27)24-17(26)22-14-11-5-1-3-9(11)7-10-4-2-6-12(10)14/h7-8,16H,1-6H2,(H3,21,22,24,26,27)/t28-/m1/s1. The van der Waals surface area contributed by atoms with Crippen LogP contribution in [0.5, 0.6) is 0 Å². The lowest BCUT2D eigenvalue weighted by atomic mass is 9.99. The molecule has 0 saturated carbocycles. The van der Waals surface area contributed by atoms with Crippen LogP contribution in [0.1, 0.15) is 41.6 Å². The molecule has 3 N–H and O–H groups in total. The minimum atomic E-state index is -4.13. The number of nitrogens with one attached hydrogen (secondary N) is 1. The van der Waals surface area contributed by atoms with E-state index in [1.54, 1.807) is 0 Å². The van der Waals surface area contributed by atoms with Crippen molar-refractivity contribution in [2.24, 2.45) is 9.50 Å². The number of alkyl halides is 2. The molecule has 0 radical (unpaired) electrons. The molecule has 7 nitrogen and oxygen atoms in total. The summed E-state index contributed by atoms with van der Waals surface area (Å²) in [6, 6.07) is 1.16. The van der Waals surface area contributed by atoms with Gasteiger partial charge in [0.1, 0.15) is 0 Å². The summed E-state index contributed by atoms with van der Waals surface area (Å²) in [5.74, 6) is -1.31. The third-order valence-corrected chi connectivity index (χ3v) is 6.32. The van der Waals surface area contributed by atoms with E-state index in [2.05, 4.69) is 20.8 Å². The zero-order valence-electron chi connectivity index (χ0n) is 14.8. The highest BCUT2D eigenvalue weighted by atomic mass is 32.2. The fourth-order valence-corrected chi connectivity index (χ4v) is 4.84. The lowest BCUT2D eigenvalue weighted by Gasteiger charge is -2.15. The Bertz CT molecular complexity index is 1060. The van der Waals surface area contributed by atoms with Crippen LogP contribution in [0.3, 0.4) is 0 Å². The van der Waals surface area contributed by atoms with Crippen molar-refractivity contribution < 1.29 is 22.2 Å². The summed E-state index contributed by atoms with van der Waals surface area (Å²) in [5, 5.41) is 10.3. The first kappa shape index (κ1) is 18.9. The molecule has 2 amide bonds. The van der Waals surface area contributed by atoms with Crippen molar-refractivity contribution in [2.75, 3.05) is 5.32 Å². The van der Waals surface area contributed by atoms with Crippen molar-refractivity contribution in [3.63, 3.8) is 0 Å². The number of nitrogens with two attached hydrogens (primary N) is 1. The maximum Gasteiger partial charge on any atom is 0.354 e. The van der Waals surface area contributed by atoms with E-state index in [1.807, 2.05) is 0 Å². The maximum atomic E-state index is 13.8. The molecule has 4 rings (SSSR count). The number of amides is 2. The maximum absolute atomic E-state index is 13.8. The summed E-state index contributed by atoms with van der Waals surface area (Å²) in [4.78, 5) is 12.4. The molecule has 0 unspecified atom stereocenters. The van der Waals surface area contributed by atoms with Gasteiger partial charge in [0, 0.05) is 5.69 Å². The van der Waals surface area contributed by atoms with Crippen molar-refractivity contribution in [1.82, 2.24) is 9.78 Å². The van der Waals surface area contributed by atoms with Crippen LogP contribution in [0.4, 0.5) is 23.7 Å². The number of aryl methyl sites for hydroxylation is 2. The van der Waals surface area contributed by atoms with Crippen LogP contribution in [-0.4, -0.2) is 20.0 Å². The van der Waals surface area contributed by atoms with Gasteiger partial charge in [-0.25, -0.2) is 23.2 Å². The lowest BCUT2D eigenvalue weighted by Crippen LogP contribution is -2.20. The topological polar surface area (TPSA) is 102 Å². The lowest BCUT2D eigenvalue weighted by molar-refractivity contribution is 0.0552. The summed E-state index contributed by atoms with van der Waals surface area (Å²) in [7, 11) is -4.13. The van der Waals surface area contributed by atoms with E-state index in [9.17, 15) is 22.2 Å². The Balaban J connectivity index is 1.68. The molecule has 150 valence electrons. The molecule has 2 aliphatic carbocycles. The molecule has 0 aliphatic heterocycles. The molecule has 0 bridgehead atoms. The Morgan fingerprint density at radius 1 is 1.21 bits per heavy atom. The van der Waals surface area contributed by atoms with Gasteiger partial charge in [0.05, 0.1) is 6.20 Å². The van der Waals surface area contributed by atoms with Gasteiger partial charge >= 0.3 is 12.6 Å². The first-order chi connectivity index (χ1) is 13.3. The summed E-state index contributed by atoms with van der Waals surface area (Å²) in [5.41, 5.74) is 5.06. The number of rotatable bonds is 3. The van der Waals surface area contributed by atoms with Crippen LogP contribution in [-0.2, 0) is 35.6 Å². The average Bonchev–Trinajstić information content (AvgIpc) is 3.32. The Morgan fingerprint density at radius 2 is 1.82 bits per heavy atom. The average molecular weight is 413 g/mol. The van der Waals surface area contributed by atoms with E-state index in [1.165, 1.54) is 11.1 Å². The van der Waals surface area contributed by atoms with E-state index >= 15 is 0 Å². The number of carbonyl (C=O) groups excluding carboxylic acids is 1. The number of anilines is 1. The number of carbonyl (C=O) groups is 1. The van der Waals surface area contributed by atoms with Crippen LogP contribution in [0.15, 0.2) is 21.7 Å². The third kappa shape index (κ3) is 3.28. The predicted octanol–water partition coefficient (Wildman–Crippen LogP) is 3.33. The highest BCUT2D eigenvalue weighted by Crippen LogP contribution is 2.38. The largest absolute Gasteiger partial charge is 0.354 e.